The van der Waals surface area contributed by atoms with Crippen LogP contribution in [-0.4, -0.2) is 17.9 Å². The average molecular weight is 261 g/mol. The van der Waals surface area contributed by atoms with Gasteiger partial charge in [0.1, 0.15) is 5.41 Å². The average Bonchev–Trinajstić information content (AvgIpc) is 2.36. The van der Waals surface area contributed by atoms with Crippen LogP contribution in [0.3, 0.4) is 0 Å². The van der Waals surface area contributed by atoms with Crippen molar-refractivity contribution in [3.05, 3.63) is 33.9 Å². The lowest BCUT2D eigenvalue weighted by Crippen LogP contribution is -2.33. The van der Waals surface area contributed by atoms with E-state index >= 15 is 0 Å². The summed E-state index contributed by atoms with van der Waals surface area (Å²) in [6, 6.07) is 4.03. The minimum atomic E-state index is -0.897. The lowest BCUT2D eigenvalue weighted by atomic mass is 9.93. The van der Waals surface area contributed by atoms with Crippen LogP contribution in [0.1, 0.15) is 19.4 Å². The topological polar surface area (TPSA) is 98.3 Å². The van der Waals surface area contributed by atoms with Crippen molar-refractivity contribution >= 4 is 17.3 Å². The molecule has 1 amide bonds. The van der Waals surface area contributed by atoms with Gasteiger partial charge in [-0.1, -0.05) is 11.8 Å². The van der Waals surface area contributed by atoms with Crippen molar-refractivity contribution in [3.8, 4) is 11.8 Å². The minimum absolute atomic E-state index is 0.0868. The molecule has 19 heavy (non-hydrogen) atoms. The Bertz CT molecular complexity index is 583. The number of benzene rings is 1. The van der Waals surface area contributed by atoms with Gasteiger partial charge in [-0.05, 0) is 19.9 Å². The maximum atomic E-state index is 11.6. The fraction of sp³-hybridized carbons (Fsp3) is 0.308. The largest absolute Gasteiger partial charge is 0.398 e. The highest BCUT2D eigenvalue weighted by Gasteiger charge is 2.23. The highest BCUT2D eigenvalue weighted by Crippen LogP contribution is 2.20. The molecule has 0 fully saturated rings. The lowest BCUT2D eigenvalue weighted by Gasteiger charge is -2.14. The zero-order chi connectivity index (χ0) is 14.6. The molecule has 1 rings (SSSR count). The Morgan fingerprint density at radius 1 is 1.47 bits per heavy atom. The van der Waals surface area contributed by atoms with Gasteiger partial charge >= 0.3 is 0 Å². The zero-order valence-electron chi connectivity index (χ0n) is 11.0. The van der Waals surface area contributed by atoms with E-state index in [0.717, 1.165) is 0 Å². The molecule has 1 aromatic rings. The lowest BCUT2D eigenvalue weighted by molar-refractivity contribution is -0.384. The SMILES string of the molecule is CNC(=O)C(C)(C)C#Cc1cc([N+](=O)[O-])ccc1N. The molecule has 0 spiro atoms. The van der Waals surface area contributed by atoms with Crippen molar-refractivity contribution in [2.24, 2.45) is 5.41 Å². The highest BCUT2D eigenvalue weighted by molar-refractivity contribution is 5.85. The van der Waals surface area contributed by atoms with Crippen molar-refractivity contribution in [3.63, 3.8) is 0 Å². The van der Waals surface area contributed by atoms with E-state index in [4.69, 9.17) is 5.73 Å². The number of anilines is 1. The number of carbonyl (C=O) groups excluding carboxylic acids is 1. The maximum absolute atomic E-state index is 11.6. The molecule has 6 heteroatoms. The first-order chi connectivity index (χ1) is 8.77. The van der Waals surface area contributed by atoms with E-state index in [2.05, 4.69) is 17.2 Å². The third-order valence-electron chi connectivity index (χ3n) is 2.55. The summed E-state index contributed by atoms with van der Waals surface area (Å²) in [5.74, 6) is 5.26. The van der Waals surface area contributed by atoms with Gasteiger partial charge in [-0.2, -0.15) is 0 Å². The van der Waals surface area contributed by atoms with Crippen LogP contribution in [0, 0.1) is 27.4 Å². The van der Waals surface area contributed by atoms with E-state index in [1.807, 2.05) is 0 Å². The highest BCUT2D eigenvalue weighted by atomic mass is 16.6. The van der Waals surface area contributed by atoms with Crippen LogP contribution in [0.25, 0.3) is 0 Å². The first-order valence-electron chi connectivity index (χ1n) is 5.57. The van der Waals surface area contributed by atoms with Crippen LogP contribution in [-0.2, 0) is 4.79 Å². The van der Waals surface area contributed by atoms with Gasteiger partial charge in [0, 0.05) is 24.9 Å². The number of nitrogen functional groups attached to an aromatic ring is 1. The zero-order valence-corrected chi connectivity index (χ0v) is 11.0. The minimum Gasteiger partial charge on any atom is -0.398 e. The molecular formula is C13H15N3O3. The van der Waals surface area contributed by atoms with Gasteiger partial charge in [-0.25, -0.2) is 0 Å². The predicted octanol–water partition coefficient (Wildman–Crippen LogP) is 1.30. The number of nitrogens with two attached hydrogens (primary N) is 1. The molecule has 0 aliphatic heterocycles. The Hall–Kier alpha value is -2.55. The van der Waals surface area contributed by atoms with Gasteiger partial charge in [0.2, 0.25) is 5.91 Å². The van der Waals surface area contributed by atoms with Crippen molar-refractivity contribution in [1.82, 2.24) is 5.32 Å². The van der Waals surface area contributed by atoms with E-state index in [-0.39, 0.29) is 11.6 Å². The number of carbonyl (C=O) groups is 1. The standard InChI is InChI=1S/C13H15N3O3/c1-13(2,12(17)15-3)7-6-9-8-10(16(18)19)4-5-11(9)14/h4-5,8H,14H2,1-3H3,(H,15,17). The quantitative estimate of drug-likeness (QED) is 0.363. The summed E-state index contributed by atoms with van der Waals surface area (Å²) >= 11 is 0. The predicted molar refractivity (Wildman–Crippen MR) is 72.2 cm³/mol. The first kappa shape index (κ1) is 14.5. The number of non-ortho nitro benzene ring substituents is 1. The molecule has 0 aromatic heterocycles. The Kier molecular flexibility index (Phi) is 4.12. The van der Waals surface area contributed by atoms with Gasteiger partial charge in [0.15, 0.2) is 0 Å². The number of nitro benzene ring substituents is 1. The van der Waals surface area contributed by atoms with Gasteiger partial charge in [-0.15, -0.1) is 0 Å². The number of nitrogens with zero attached hydrogens (tertiary/aromatic N) is 1. The Morgan fingerprint density at radius 2 is 2.11 bits per heavy atom. The summed E-state index contributed by atoms with van der Waals surface area (Å²) in [5.41, 5.74) is 5.40. The third kappa shape index (κ3) is 3.45. The number of hydrogen-bond donors (Lipinski definition) is 2. The van der Waals surface area contributed by atoms with Crippen LogP contribution in [0.2, 0.25) is 0 Å². The summed E-state index contributed by atoms with van der Waals surface area (Å²) in [5, 5.41) is 13.2. The van der Waals surface area contributed by atoms with Crippen molar-refractivity contribution in [2.75, 3.05) is 12.8 Å². The molecule has 0 heterocycles. The van der Waals surface area contributed by atoms with Crippen LogP contribution in [0.4, 0.5) is 11.4 Å². The second-order valence-corrected chi connectivity index (χ2v) is 4.48. The molecule has 100 valence electrons. The second kappa shape index (κ2) is 5.40. The van der Waals surface area contributed by atoms with Crippen LogP contribution in [0.5, 0.6) is 0 Å². The molecular weight excluding hydrogens is 246 g/mol. The number of nitrogens with one attached hydrogen (secondary N) is 1. The fourth-order valence-corrected chi connectivity index (χ4v) is 1.36. The van der Waals surface area contributed by atoms with Gasteiger partial charge in [-0.3, -0.25) is 14.9 Å². The molecule has 0 unspecified atom stereocenters. The molecule has 0 aliphatic carbocycles. The van der Waals surface area contributed by atoms with Crippen molar-refractivity contribution in [2.45, 2.75) is 13.8 Å². The van der Waals surface area contributed by atoms with E-state index in [1.54, 1.807) is 13.8 Å². The summed E-state index contributed by atoms with van der Waals surface area (Å²) in [6.07, 6.45) is 0. The molecule has 3 N–H and O–H groups in total. The third-order valence-corrected chi connectivity index (χ3v) is 2.55. The molecule has 0 aliphatic rings. The van der Waals surface area contributed by atoms with Gasteiger partial charge in [0.25, 0.3) is 5.69 Å². The van der Waals surface area contributed by atoms with E-state index in [0.29, 0.717) is 11.3 Å². The second-order valence-electron chi connectivity index (χ2n) is 4.48. The Morgan fingerprint density at radius 3 is 2.63 bits per heavy atom. The van der Waals surface area contributed by atoms with E-state index in [1.165, 1.54) is 25.2 Å². The fourth-order valence-electron chi connectivity index (χ4n) is 1.36. The molecule has 0 radical (unpaired) electrons. The molecule has 1 aromatic carbocycles. The van der Waals surface area contributed by atoms with Crippen molar-refractivity contribution in [1.29, 1.82) is 0 Å². The number of nitro groups is 1. The number of amides is 1. The summed E-state index contributed by atoms with van der Waals surface area (Å²) in [4.78, 5) is 21.7. The first-order valence-corrected chi connectivity index (χ1v) is 5.57. The summed E-state index contributed by atoms with van der Waals surface area (Å²) in [6.45, 7) is 3.32. The Balaban J connectivity index is 3.17. The molecule has 0 bridgehead atoms. The summed E-state index contributed by atoms with van der Waals surface area (Å²) in [7, 11) is 1.52. The normalized spacial score (nSPS) is 10.3. The molecule has 0 saturated carbocycles. The maximum Gasteiger partial charge on any atom is 0.270 e. The monoisotopic (exact) mass is 261 g/mol. The number of hydrogen-bond acceptors (Lipinski definition) is 4. The smallest absolute Gasteiger partial charge is 0.270 e. The van der Waals surface area contributed by atoms with Crippen molar-refractivity contribution < 1.29 is 9.72 Å². The summed E-state index contributed by atoms with van der Waals surface area (Å²) < 4.78 is 0. The van der Waals surface area contributed by atoms with E-state index < -0.39 is 10.3 Å². The molecule has 6 nitrogen and oxygen atoms in total. The van der Waals surface area contributed by atoms with Gasteiger partial charge < -0.3 is 11.1 Å². The number of rotatable bonds is 2. The van der Waals surface area contributed by atoms with Crippen LogP contribution < -0.4 is 11.1 Å². The Labute approximate surface area is 111 Å². The van der Waals surface area contributed by atoms with Crippen LogP contribution in [0.15, 0.2) is 18.2 Å². The van der Waals surface area contributed by atoms with Gasteiger partial charge in [0.05, 0.1) is 10.5 Å². The molecule has 0 atom stereocenters. The van der Waals surface area contributed by atoms with E-state index in [9.17, 15) is 14.9 Å². The molecule has 0 saturated heterocycles. The van der Waals surface area contributed by atoms with Crippen LogP contribution >= 0.6 is 0 Å².